The Morgan fingerprint density at radius 1 is 1.64 bits per heavy atom. The topological polar surface area (TPSA) is 46.5 Å². The fourth-order valence-electron chi connectivity index (χ4n) is 1.69. The van der Waals surface area contributed by atoms with Crippen LogP contribution >= 0.6 is 11.3 Å². The van der Waals surface area contributed by atoms with E-state index >= 15 is 0 Å². The van der Waals surface area contributed by atoms with E-state index in [1.807, 2.05) is 17.5 Å². The Morgan fingerprint density at radius 3 is 3.14 bits per heavy atom. The van der Waals surface area contributed by atoms with E-state index in [1.54, 1.807) is 11.3 Å². The highest BCUT2D eigenvalue weighted by molar-refractivity contribution is 7.10. The molecule has 1 fully saturated rings. The van der Waals surface area contributed by atoms with E-state index in [2.05, 4.69) is 0 Å². The zero-order valence-corrected chi connectivity index (χ0v) is 8.50. The lowest BCUT2D eigenvalue weighted by Crippen LogP contribution is -2.25. The van der Waals surface area contributed by atoms with E-state index in [4.69, 9.17) is 9.84 Å². The van der Waals surface area contributed by atoms with Crippen molar-refractivity contribution >= 4 is 17.3 Å². The van der Waals surface area contributed by atoms with Crippen molar-refractivity contribution < 1.29 is 14.6 Å². The van der Waals surface area contributed by atoms with Gasteiger partial charge in [-0.2, -0.15) is 0 Å². The predicted molar refractivity (Wildman–Crippen MR) is 53.4 cm³/mol. The molecule has 1 aliphatic rings. The van der Waals surface area contributed by atoms with Gasteiger partial charge in [0.15, 0.2) is 0 Å². The molecule has 0 aromatic carbocycles. The first kappa shape index (κ1) is 9.68. The molecule has 14 heavy (non-hydrogen) atoms. The van der Waals surface area contributed by atoms with Crippen molar-refractivity contribution in [2.75, 3.05) is 6.61 Å². The van der Waals surface area contributed by atoms with Crippen LogP contribution in [0.5, 0.6) is 0 Å². The molecule has 0 bridgehead atoms. The molecule has 3 nitrogen and oxygen atoms in total. The molecule has 1 saturated heterocycles. The second-order valence-electron chi connectivity index (χ2n) is 3.43. The minimum Gasteiger partial charge on any atom is -0.481 e. The van der Waals surface area contributed by atoms with E-state index in [9.17, 15) is 4.79 Å². The molecular weight excluding hydrogens is 200 g/mol. The van der Waals surface area contributed by atoms with Crippen LogP contribution in [0.4, 0.5) is 0 Å². The normalized spacial score (nSPS) is 27.4. The molecule has 0 radical (unpaired) electrons. The van der Waals surface area contributed by atoms with E-state index < -0.39 is 5.97 Å². The van der Waals surface area contributed by atoms with Gasteiger partial charge in [-0.05, 0) is 24.3 Å². The largest absolute Gasteiger partial charge is 0.481 e. The number of carboxylic acid groups (broad SMARTS) is 1. The second kappa shape index (κ2) is 4.11. The average molecular weight is 212 g/mol. The third-order valence-electron chi connectivity index (χ3n) is 2.49. The van der Waals surface area contributed by atoms with Crippen molar-refractivity contribution in [1.29, 1.82) is 0 Å². The third kappa shape index (κ3) is 1.96. The van der Waals surface area contributed by atoms with Gasteiger partial charge in [0.2, 0.25) is 0 Å². The fraction of sp³-hybridized carbons (Fsp3) is 0.500. The SMILES string of the molecule is O=C(O)[C@H]1CCO[C@@H](c2cccs2)C1. The maximum absolute atomic E-state index is 10.8. The summed E-state index contributed by atoms with van der Waals surface area (Å²) >= 11 is 1.63. The molecule has 0 spiro atoms. The molecule has 0 saturated carbocycles. The van der Waals surface area contributed by atoms with Crippen LogP contribution in [0, 0.1) is 5.92 Å². The van der Waals surface area contributed by atoms with E-state index in [0.717, 1.165) is 4.88 Å². The Labute approximate surface area is 86.3 Å². The smallest absolute Gasteiger partial charge is 0.306 e. The summed E-state index contributed by atoms with van der Waals surface area (Å²) in [5.41, 5.74) is 0. The molecule has 0 amide bonds. The summed E-state index contributed by atoms with van der Waals surface area (Å²) < 4.78 is 5.55. The van der Waals surface area contributed by atoms with Gasteiger partial charge in [-0.3, -0.25) is 4.79 Å². The van der Waals surface area contributed by atoms with E-state index in [-0.39, 0.29) is 12.0 Å². The van der Waals surface area contributed by atoms with Crippen molar-refractivity contribution in [2.45, 2.75) is 18.9 Å². The molecule has 2 atom stereocenters. The first-order valence-corrected chi connectivity index (χ1v) is 5.53. The van der Waals surface area contributed by atoms with Gasteiger partial charge in [-0.25, -0.2) is 0 Å². The van der Waals surface area contributed by atoms with E-state index in [0.29, 0.717) is 19.4 Å². The maximum atomic E-state index is 10.8. The number of aliphatic carboxylic acids is 1. The van der Waals surface area contributed by atoms with Crippen LogP contribution in [-0.2, 0) is 9.53 Å². The maximum Gasteiger partial charge on any atom is 0.306 e. The van der Waals surface area contributed by atoms with E-state index in [1.165, 1.54) is 0 Å². The van der Waals surface area contributed by atoms with Crippen molar-refractivity contribution in [3.05, 3.63) is 22.4 Å². The van der Waals surface area contributed by atoms with Crippen LogP contribution in [0.3, 0.4) is 0 Å². The molecule has 1 aliphatic heterocycles. The molecule has 2 heterocycles. The lowest BCUT2D eigenvalue weighted by atomic mass is 9.95. The predicted octanol–water partition coefficient (Wildman–Crippen LogP) is 2.30. The van der Waals surface area contributed by atoms with Gasteiger partial charge in [0.1, 0.15) is 0 Å². The molecule has 1 aromatic heterocycles. The minimum atomic E-state index is -0.699. The number of hydrogen-bond acceptors (Lipinski definition) is 3. The first-order chi connectivity index (χ1) is 6.77. The van der Waals surface area contributed by atoms with Gasteiger partial charge in [0, 0.05) is 11.5 Å². The summed E-state index contributed by atoms with van der Waals surface area (Å²) in [6, 6.07) is 3.97. The van der Waals surface area contributed by atoms with Crippen LogP contribution in [0.15, 0.2) is 17.5 Å². The van der Waals surface area contributed by atoms with Crippen LogP contribution in [-0.4, -0.2) is 17.7 Å². The Hall–Kier alpha value is -0.870. The highest BCUT2D eigenvalue weighted by Gasteiger charge is 2.28. The minimum absolute atomic E-state index is 0.00940. The second-order valence-corrected chi connectivity index (χ2v) is 4.41. The molecule has 0 aliphatic carbocycles. The monoisotopic (exact) mass is 212 g/mol. The molecule has 0 unspecified atom stereocenters. The Bertz CT molecular complexity index is 307. The number of ether oxygens (including phenoxy) is 1. The van der Waals surface area contributed by atoms with Crippen LogP contribution in [0.1, 0.15) is 23.8 Å². The van der Waals surface area contributed by atoms with Crippen molar-refractivity contribution in [1.82, 2.24) is 0 Å². The number of hydrogen-bond donors (Lipinski definition) is 1. The Kier molecular flexibility index (Phi) is 2.84. The fourth-order valence-corrected chi connectivity index (χ4v) is 2.48. The van der Waals surface area contributed by atoms with Gasteiger partial charge in [-0.15, -0.1) is 11.3 Å². The summed E-state index contributed by atoms with van der Waals surface area (Å²) in [7, 11) is 0. The quantitative estimate of drug-likeness (QED) is 0.818. The number of carbonyl (C=O) groups is 1. The first-order valence-electron chi connectivity index (χ1n) is 4.65. The third-order valence-corrected chi connectivity index (χ3v) is 3.46. The highest BCUT2D eigenvalue weighted by Crippen LogP contribution is 2.33. The van der Waals surface area contributed by atoms with Gasteiger partial charge in [0.25, 0.3) is 0 Å². The lowest BCUT2D eigenvalue weighted by molar-refractivity contribution is -0.147. The summed E-state index contributed by atoms with van der Waals surface area (Å²) in [6.07, 6.45) is 1.23. The van der Waals surface area contributed by atoms with Gasteiger partial charge >= 0.3 is 5.97 Å². The number of rotatable bonds is 2. The lowest BCUT2D eigenvalue weighted by Gasteiger charge is -2.26. The van der Waals surface area contributed by atoms with Crippen molar-refractivity contribution in [3.63, 3.8) is 0 Å². The summed E-state index contributed by atoms with van der Waals surface area (Å²) in [6.45, 7) is 0.555. The molecular formula is C10H12O3S. The highest BCUT2D eigenvalue weighted by atomic mass is 32.1. The molecule has 1 N–H and O–H groups in total. The van der Waals surface area contributed by atoms with Gasteiger partial charge in [0.05, 0.1) is 12.0 Å². The molecule has 2 rings (SSSR count). The van der Waals surface area contributed by atoms with Crippen LogP contribution in [0.25, 0.3) is 0 Å². The standard InChI is InChI=1S/C10H12O3S/c11-10(12)7-3-4-13-8(6-7)9-2-1-5-14-9/h1-2,5,7-8H,3-4,6H2,(H,11,12)/t7-,8+/m0/s1. The molecule has 4 heteroatoms. The van der Waals surface area contributed by atoms with Crippen LogP contribution < -0.4 is 0 Å². The number of carboxylic acids is 1. The van der Waals surface area contributed by atoms with Gasteiger partial charge < -0.3 is 9.84 Å². The Morgan fingerprint density at radius 2 is 2.50 bits per heavy atom. The summed E-state index contributed by atoms with van der Waals surface area (Å²) in [5, 5.41) is 10.9. The zero-order chi connectivity index (χ0) is 9.97. The Balaban J connectivity index is 2.04. The zero-order valence-electron chi connectivity index (χ0n) is 7.68. The van der Waals surface area contributed by atoms with Crippen LogP contribution in [0.2, 0.25) is 0 Å². The van der Waals surface area contributed by atoms with Crippen molar-refractivity contribution in [3.8, 4) is 0 Å². The van der Waals surface area contributed by atoms with Crippen molar-refractivity contribution in [2.24, 2.45) is 5.92 Å². The molecule has 76 valence electrons. The average Bonchev–Trinajstić information content (AvgIpc) is 2.71. The molecule has 1 aromatic rings. The summed E-state index contributed by atoms with van der Waals surface area (Å²) in [4.78, 5) is 12.0. The number of thiophene rings is 1. The van der Waals surface area contributed by atoms with Gasteiger partial charge in [-0.1, -0.05) is 6.07 Å². The summed E-state index contributed by atoms with van der Waals surface area (Å²) in [5.74, 6) is -0.939.